The van der Waals surface area contributed by atoms with E-state index in [1.165, 1.54) is 0 Å². The minimum atomic E-state index is -0.516. The molecular formula is C31H49N3O8. The second-order valence-electron chi connectivity index (χ2n) is 12.8. The van der Waals surface area contributed by atoms with Crippen LogP contribution in [0.5, 0.6) is 0 Å². The molecule has 11 nitrogen and oxygen atoms in total. The van der Waals surface area contributed by atoms with Crippen molar-refractivity contribution < 1.29 is 38.1 Å². The molecule has 0 saturated heterocycles. The first kappa shape index (κ1) is 34.7. The van der Waals surface area contributed by atoms with E-state index in [0.717, 1.165) is 44.1 Å². The van der Waals surface area contributed by atoms with Crippen LogP contribution in [0.3, 0.4) is 0 Å². The van der Waals surface area contributed by atoms with E-state index >= 15 is 0 Å². The second-order valence-corrected chi connectivity index (χ2v) is 12.8. The smallest absolute Gasteiger partial charge is 0.407 e. The standard InChI is InChI=1S/C19H28N2O4.C12H21NO4/c1-19(2,3)25-18(23)21-16-11-7-10-15(12-16)20-17(22)24-13-14-8-5-4-6-9-14;1-12(2,3)17-11(15)13-9-5-4-6-10(7-9)16-8-14/h4-6,8-9,15-16H,7,10-13H2,1-3H3,(H,20,22)(H,21,23);8-10H,4-7H2,1-3H3,(H,13,15)/t15-,16+;9-,10+/m10/s1. The van der Waals surface area contributed by atoms with Gasteiger partial charge >= 0.3 is 18.3 Å². The van der Waals surface area contributed by atoms with E-state index < -0.39 is 29.5 Å². The third kappa shape index (κ3) is 15.5. The quantitative estimate of drug-likeness (QED) is 0.269. The van der Waals surface area contributed by atoms with E-state index in [-0.39, 0.29) is 30.8 Å². The number of hydrogen-bond acceptors (Lipinski definition) is 8. The Hall–Kier alpha value is -3.50. The topological polar surface area (TPSA) is 141 Å². The number of hydrogen-bond donors (Lipinski definition) is 3. The third-order valence-corrected chi connectivity index (χ3v) is 6.52. The highest BCUT2D eigenvalue weighted by molar-refractivity contribution is 5.69. The Kier molecular flexibility index (Phi) is 13.9. The van der Waals surface area contributed by atoms with E-state index in [9.17, 15) is 19.2 Å². The van der Waals surface area contributed by atoms with Crippen LogP contribution in [0.2, 0.25) is 0 Å². The number of rotatable bonds is 7. The van der Waals surface area contributed by atoms with Crippen LogP contribution < -0.4 is 16.0 Å². The molecule has 236 valence electrons. The molecule has 1 aromatic rings. The second kappa shape index (κ2) is 16.8. The number of nitrogens with one attached hydrogen (secondary N) is 3. The Bertz CT molecular complexity index is 990. The van der Waals surface area contributed by atoms with Crippen LogP contribution in [0.15, 0.2) is 30.3 Å². The lowest BCUT2D eigenvalue weighted by molar-refractivity contribution is -0.135. The van der Waals surface area contributed by atoms with Gasteiger partial charge in [-0.15, -0.1) is 0 Å². The molecule has 0 unspecified atom stereocenters. The molecule has 0 aromatic heterocycles. The van der Waals surface area contributed by atoms with Gasteiger partial charge in [0.15, 0.2) is 0 Å². The normalized spacial score (nSPS) is 22.2. The predicted molar refractivity (Wildman–Crippen MR) is 158 cm³/mol. The van der Waals surface area contributed by atoms with Gasteiger partial charge in [-0.2, -0.15) is 0 Å². The molecule has 0 aliphatic heterocycles. The van der Waals surface area contributed by atoms with Gasteiger partial charge in [0, 0.05) is 24.5 Å². The number of amides is 3. The van der Waals surface area contributed by atoms with Crippen molar-refractivity contribution in [1.29, 1.82) is 0 Å². The zero-order valence-electron chi connectivity index (χ0n) is 25.9. The maximum Gasteiger partial charge on any atom is 0.407 e. The highest BCUT2D eigenvalue weighted by Crippen LogP contribution is 2.22. The molecule has 3 rings (SSSR count). The van der Waals surface area contributed by atoms with Gasteiger partial charge in [0.05, 0.1) is 0 Å². The molecule has 4 atom stereocenters. The molecule has 3 amide bonds. The van der Waals surface area contributed by atoms with Gasteiger partial charge in [-0.3, -0.25) is 4.79 Å². The molecule has 2 aliphatic rings. The summed E-state index contributed by atoms with van der Waals surface area (Å²) in [5, 5.41) is 8.58. The van der Waals surface area contributed by atoms with Gasteiger partial charge < -0.3 is 34.9 Å². The lowest BCUT2D eigenvalue weighted by atomic mass is 9.91. The van der Waals surface area contributed by atoms with Crippen LogP contribution in [0, 0.1) is 0 Å². The molecule has 1 aromatic carbocycles. The van der Waals surface area contributed by atoms with Gasteiger partial charge in [-0.1, -0.05) is 30.3 Å². The van der Waals surface area contributed by atoms with Crippen molar-refractivity contribution in [1.82, 2.24) is 16.0 Å². The molecule has 2 saturated carbocycles. The Balaban J connectivity index is 0.000000317. The molecule has 0 heterocycles. The summed E-state index contributed by atoms with van der Waals surface area (Å²) in [5.74, 6) is 0. The number of benzene rings is 1. The summed E-state index contributed by atoms with van der Waals surface area (Å²) >= 11 is 0. The number of carbonyl (C=O) groups is 4. The average Bonchev–Trinajstić information content (AvgIpc) is 2.87. The zero-order chi connectivity index (χ0) is 31.2. The van der Waals surface area contributed by atoms with Gasteiger partial charge in [-0.25, -0.2) is 14.4 Å². The lowest BCUT2D eigenvalue weighted by Gasteiger charge is -2.30. The first-order chi connectivity index (χ1) is 19.7. The SMILES string of the molecule is CC(C)(C)OC(=O)N[C@H]1CCC[C@@H](NC(=O)OCc2ccccc2)C1.CC(C)(C)OC(=O)N[C@H]1CCC[C@@H](OC=O)C1. The Labute approximate surface area is 249 Å². The average molecular weight is 592 g/mol. The van der Waals surface area contributed by atoms with Crippen molar-refractivity contribution in [3.05, 3.63) is 35.9 Å². The van der Waals surface area contributed by atoms with Crippen LogP contribution >= 0.6 is 0 Å². The summed E-state index contributed by atoms with van der Waals surface area (Å²) in [6, 6.07) is 9.59. The van der Waals surface area contributed by atoms with E-state index in [1.807, 2.05) is 71.9 Å². The van der Waals surface area contributed by atoms with Gasteiger partial charge in [0.2, 0.25) is 0 Å². The van der Waals surface area contributed by atoms with Crippen LogP contribution in [-0.4, -0.2) is 60.2 Å². The molecule has 0 spiro atoms. The first-order valence-corrected chi connectivity index (χ1v) is 14.8. The fourth-order valence-corrected chi connectivity index (χ4v) is 4.81. The summed E-state index contributed by atoms with van der Waals surface area (Å²) in [6.07, 6.45) is 5.43. The van der Waals surface area contributed by atoms with Crippen molar-refractivity contribution in [3.63, 3.8) is 0 Å². The van der Waals surface area contributed by atoms with Crippen LogP contribution in [-0.2, 0) is 30.3 Å². The van der Waals surface area contributed by atoms with E-state index in [4.69, 9.17) is 18.9 Å². The van der Waals surface area contributed by atoms with E-state index in [2.05, 4.69) is 16.0 Å². The first-order valence-electron chi connectivity index (χ1n) is 14.8. The highest BCUT2D eigenvalue weighted by atomic mass is 16.6. The number of ether oxygens (including phenoxy) is 4. The minimum absolute atomic E-state index is 0.00280. The molecule has 42 heavy (non-hydrogen) atoms. The minimum Gasteiger partial charge on any atom is -0.465 e. The van der Waals surface area contributed by atoms with Gasteiger partial charge in [-0.05, 0) is 92.1 Å². The molecule has 3 N–H and O–H groups in total. The van der Waals surface area contributed by atoms with Crippen molar-refractivity contribution in [3.8, 4) is 0 Å². The van der Waals surface area contributed by atoms with Crippen LogP contribution in [0.4, 0.5) is 14.4 Å². The van der Waals surface area contributed by atoms with Gasteiger partial charge in [0.1, 0.15) is 23.9 Å². The van der Waals surface area contributed by atoms with Crippen molar-refractivity contribution in [2.75, 3.05) is 0 Å². The lowest BCUT2D eigenvalue weighted by Crippen LogP contribution is -2.47. The highest BCUT2D eigenvalue weighted by Gasteiger charge is 2.27. The van der Waals surface area contributed by atoms with E-state index in [1.54, 1.807) is 0 Å². The zero-order valence-corrected chi connectivity index (χ0v) is 25.9. The monoisotopic (exact) mass is 591 g/mol. The summed E-state index contributed by atoms with van der Waals surface area (Å²) in [5.41, 5.74) is -0.0551. The third-order valence-electron chi connectivity index (χ3n) is 6.52. The molecule has 2 fully saturated rings. The molecule has 2 aliphatic carbocycles. The largest absolute Gasteiger partial charge is 0.465 e. The fourth-order valence-electron chi connectivity index (χ4n) is 4.81. The summed E-state index contributed by atoms with van der Waals surface area (Å²) < 4.78 is 20.6. The van der Waals surface area contributed by atoms with E-state index in [0.29, 0.717) is 19.3 Å². The van der Waals surface area contributed by atoms with Crippen molar-refractivity contribution >= 4 is 24.8 Å². The van der Waals surface area contributed by atoms with Crippen molar-refractivity contribution in [2.45, 2.75) is 135 Å². The molecule has 0 bridgehead atoms. The van der Waals surface area contributed by atoms with Crippen LogP contribution in [0.1, 0.15) is 98.5 Å². The maximum absolute atomic E-state index is 12.0. The Morgan fingerprint density at radius 1 is 0.738 bits per heavy atom. The van der Waals surface area contributed by atoms with Crippen molar-refractivity contribution in [2.24, 2.45) is 0 Å². The van der Waals surface area contributed by atoms with Crippen LogP contribution in [0.25, 0.3) is 0 Å². The summed E-state index contributed by atoms with van der Waals surface area (Å²) in [4.78, 5) is 45.6. The maximum atomic E-state index is 12.0. The summed E-state index contributed by atoms with van der Waals surface area (Å²) in [6.45, 7) is 11.7. The fraction of sp³-hybridized carbons (Fsp3) is 0.677. The molecule has 0 radical (unpaired) electrons. The number of carbonyl (C=O) groups excluding carboxylic acids is 4. The number of alkyl carbamates (subject to hydrolysis) is 3. The predicted octanol–water partition coefficient (Wildman–Crippen LogP) is 5.74. The van der Waals surface area contributed by atoms with Gasteiger partial charge in [0.25, 0.3) is 6.47 Å². The summed E-state index contributed by atoms with van der Waals surface area (Å²) in [7, 11) is 0. The Morgan fingerprint density at radius 3 is 1.71 bits per heavy atom. The Morgan fingerprint density at radius 2 is 1.21 bits per heavy atom. The molecular weight excluding hydrogens is 542 g/mol. The molecule has 11 heteroatoms.